The van der Waals surface area contributed by atoms with Gasteiger partial charge in [0, 0.05) is 6.42 Å². The van der Waals surface area contributed by atoms with Crippen LogP contribution in [0.3, 0.4) is 0 Å². The summed E-state index contributed by atoms with van der Waals surface area (Å²) < 4.78 is 18.5. The standard InChI is InChI=1S/C16H16ClFO2/c1-16(19,12-4-6-13(20-2)7-5-12)10-11-3-8-14(17)15(18)9-11/h3-9,19H,10H2,1-2H3. The van der Waals surface area contributed by atoms with Gasteiger partial charge in [-0.2, -0.15) is 0 Å². The van der Waals surface area contributed by atoms with Gasteiger partial charge in [-0.25, -0.2) is 4.39 Å². The van der Waals surface area contributed by atoms with E-state index in [1.807, 2.05) is 0 Å². The Kier molecular flexibility index (Phi) is 4.31. The van der Waals surface area contributed by atoms with Crippen molar-refractivity contribution < 1.29 is 14.2 Å². The lowest BCUT2D eigenvalue weighted by Gasteiger charge is -2.24. The molecule has 1 atom stereocenters. The summed E-state index contributed by atoms with van der Waals surface area (Å²) in [6, 6.07) is 11.7. The highest BCUT2D eigenvalue weighted by atomic mass is 35.5. The van der Waals surface area contributed by atoms with Crippen molar-refractivity contribution >= 4 is 11.6 Å². The van der Waals surface area contributed by atoms with Gasteiger partial charge < -0.3 is 9.84 Å². The highest BCUT2D eigenvalue weighted by Crippen LogP contribution is 2.28. The summed E-state index contributed by atoms with van der Waals surface area (Å²) in [5.41, 5.74) is 0.341. The Hall–Kier alpha value is -1.58. The topological polar surface area (TPSA) is 29.5 Å². The lowest BCUT2D eigenvalue weighted by Crippen LogP contribution is -2.24. The summed E-state index contributed by atoms with van der Waals surface area (Å²) in [5, 5.41) is 10.6. The molecular formula is C16H16ClFO2. The van der Waals surface area contributed by atoms with Crippen LogP contribution in [0.4, 0.5) is 4.39 Å². The summed E-state index contributed by atoms with van der Waals surface area (Å²) in [4.78, 5) is 0. The third-order valence-corrected chi connectivity index (χ3v) is 3.55. The zero-order valence-electron chi connectivity index (χ0n) is 11.4. The summed E-state index contributed by atoms with van der Waals surface area (Å²) in [7, 11) is 1.59. The third-order valence-electron chi connectivity index (χ3n) is 3.24. The number of hydrogen-bond acceptors (Lipinski definition) is 2. The largest absolute Gasteiger partial charge is 0.497 e. The molecule has 2 aromatic carbocycles. The van der Waals surface area contributed by atoms with Gasteiger partial charge >= 0.3 is 0 Å². The van der Waals surface area contributed by atoms with Crippen LogP contribution in [0.15, 0.2) is 42.5 Å². The fourth-order valence-electron chi connectivity index (χ4n) is 2.10. The average Bonchev–Trinajstić information content (AvgIpc) is 2.43. The Morgan fingerprint density at radius 3 is 2.40 bits per heavy atom. The van der Waals surface area contributed by atoms with E-state index >= 15 is 0 Å². The van der Waals surface area contributed by atoms with Crippen molar-refractivity contribution in [2.45, 2.75) is 18.9 Å². The Morgan fingerprint density at radius 2 is 1.85 bits per heavy atom. The zero-order valence-corrected chi connectivity index (χ0v) is 12.1. The number of hydrogen-bond donors (Lipinski definition) is 1. The van der Waals surface area contributed by atoms with Crippen LogP contribution in [0.25, 0.3) is 0 Å². The number of methoxy groups -OCH3 is 1. The van der Waals surface area contributed by atoms with E-state index in [1.54, 1.807) is 44.4 Å². The highest BCUT2D eigenvalue weighted by molar-refractivity contribution is 6.30. The van der Waals surface area contributed by atoms with Crippen LogP contribution >= 0.6 is 11.6 Å². The van der Waals surface area contributed by atoms with Crippen LogP contribution in [0.1, 0.15) is 18.1 Å². The SMILES string of the molecule is COc1ccc(C(C)(O)Cc2ccc(Cl)c(F)c2)cc1. The van der Waals surface area contributed by atoms with Gasteiger partial charge in [-0.3, -0.25) is 0 Å². The molecule has 20 heavy (non-hydrogen) atoms. The fourth-order valence-corrected chi connectivity index (χ4v) is 2.22. The van der Waals surface area contributed by atoms with Crippen LogP contribution in [-0.2, 0) is 12.0 Å². The molecule has 0 saturated carbocycles. The van der Waals surface area contributed by atoms with Gasteiger partial charge in [0.1, 0.15) is 11.6 Å². The van der Waals surface area contributed by atoms with Crippen molar-refractivity contribution in [3.05, 3.63) is 64.4 Å². The van der Waals surface area contributed by atoms with Gasteiger partial charge in [0.25, 0.3) is 0 Å². The first-order valence-electron chi connectivity index (χ1n) is 6.23. The minimum Gasteiger partial charge on any atom is -0.497 e. The Morgan fingerprint density at radius 1 is 1.20 bits per heavy atom. The second kappa shape index (κ2) is 5.81. The van der Waals surface area contributed by atoms with Gasteiger partial charge in [0.05, 0.1) is 17.7 Å². The van der Waals surface area contributed by atoms with E-state index in [-0.39, 0.29) is 5.02 Å². The van der Waals surface area contributed by atoms with Crippen molar-refractivity contribution in [3.8, 4) is 5.75 Å². The van der Waals surface area contributed by atoms with Crippen molar-refractivity contribution in [3.63, 3.8) is 0 Å². The predicted octanol–water partition coefficient (Wildman–Crippen LogP) is 3.94. The molecule has 0 spiro atoms. The number of rotatable bonds is 4. The first kappa shape index (κ1) is 14.8. The molecule has 0 aliphatic rings. The van der Waals surface area contributed by atoms with Crippen LogP contribution in [0.5, 0.6) is 5.75 Å². The lowest BCUT2D eigenvalue weighted by molar-refractivity contribution is 0.0575. The Bertz CT molecular complexity index is 594. The minimum absolute atomic E-state index is 0.0813. The molecule has 0 heterocycles. The monoisotopic (exact) mass is 294 g/mol. The fraction of sp³-hybridized carbons (Fsp3) is 0.250. The van der Waals surface area contributed by atoms with E-state index in [0.29, 0.717) is 12.0 Å². The van der Waals surface area contributed by atoms with E-state index in [4.69, 9.17) is 16.3 Å². The molecule has 2 nitrogen and oxygen atoms in total. The van der Waals surface area contributed by atoms with Gasteiger partial charge in [0.15, 0.2) is 0 Å². The maximum atomic E-state index is 13.4. The van der Waals surface area contributed by atoms with E-state index < -0.39 is 11.4 Å². The first-order valence-corrected chi connectivity index (χ1v) is 6.61. The second-order valence-corrected chi connectivity index (χ2v) is 5.33. The van der Waals surface area contributed by atoms with E-state index in [9.17, 15) is 9.50 Å². The summed E-state index contributed by atoms with van der Waals surface area (Å²) >= 11 is 5.65. The molecule has 0 aromatic heterocycles. The van der Waals surface area contributed by atoms with Crippen LogP contribution in [0, 0.1) is 5.82 Å². The molecule has 0 aliphatic heterocycles. The van der Waals surface area contributed by atoms with Gasteiger partial charge in [0.2, 0.25) is 0 Å². The quantitative estimate of drug-likeness (QED) is 0.925. The van der Waals surface area contributed by atoms with E-state index in [0.717, 1.165) is 11.3 Å². The van der Waals surface area contributed by atoms with Crippen molar-refractivity contribution in [1.82, 2.24) is 0 Å². The molecule has 0 aliphatic carbocycles. The normalized spacial score (nSPS) is 13.8. The van der Waals surface area contributed by atoms with E-state index in [1.165, 1.54) is 12.1 Å². The Labute approximate surface area is 122 Å². The molecule has 1 N–H and O–H groups in total. The second-order valence-electron chi connectivity index (χ2n) is 4.93. The highest BCUT2D eigenvalue weighted by Gasteiger charge is 2.24. The number of halogens is 2. The number of aliphatic hydroxyl groups is 1. The summed E-state index contributed by atoms with van der Waals surface area (Å²) in [6.45, 7) is 1.70. The van der Waals surface area contributed by atoms with Gasteiger partial charge in [-0.05, 0) is 42.3 Å². The van der Waals surface area contributed by atoms with Crippen LogP contribution in [0.2, 0.25) is 5.02 Å². The molecule has 0 saturated heterocycles. The molecule has 0 amide bonds. The van der Waals surface area contributed by atoms with E-state index in [2.05, 4.69) is 0 Å². The van der Waals surface area contributed by atoms with Crippen molar-refractivity contribution in [1.29, 1.82) is 0 Å². The van der Waals surface area contributed by atoms with Crippen LogP contribution < -0.4 is 4.74 Å². The van der Waals surface area contributed by atoms with Crippen molar-refractivity contribution in [2.24, 2.45) is 0 Å². The number of benzene rings is 2. The molecule has 0 bridgehead atoms. The predicted molar refractivity (Wildman–Crippen MR) is 77.7 cm³/mol. The third kappa shape index (κ3) is 3.30. The Balaban J connectivity index is 2.22. The van der Waals surface area contributed by atoms with Gasteiger partial charge in [-0.1, -0.05) is 29.8 Å². The minimum atomic E-state index is -1.09. The molecule has 4 heteroatoms. The lowest BCUT2D eigenvalue weighted by atomic mass is 9.89. The maximum absolute atomic E-state index is 13.4. The van der Waals surface area contributed by atoms with Gasteiger partial charge in [-0.15, -0.1) is 0 Å². The molecule has 0 radical (unpaired) electrons. The maximum Gasteiger partial charge on any atom is 0.142 e. The molecule has 106 valence electrons. The first-order chi connectivity index (χ1) is 9.42. The molecular weight excluding hydrogens is 279 g/mol. The molecule has 1 unspecified atom stereocenters. The molecule has 0 fully saturated rings. The van der Waals surface area contributed by atoms with Crippen molar-refractivity contribution in [2.75, 3.05) is 7.11 Å². The average molecular weight is 295 g/mol. The number of ether oxygens (including phenoxy) is 1. The smallest absolute Gasteiger partial charge is 0.142 e. The summed E-state index contributed by atoms with van der Waals surface area (Å²) in [5.74, 6) is 0.247. The zero-order chi connectivity index (χ0) is 14.8. The molecule has 2 rings (SSSR count). The van der Waals surface area contributed by atoms with Crippen LogP contribution in [-0.4, -0.2) is 12.2 Å². The molecule has 2 aromatic rings. The summed E-state index contributed by atoms with van der Waals surface area (Å²) in [6.07, 6.45) is 0.299.